The molecule has 1 atom stereocenters. The van der Waals surface area contributed by atoms with E-state index < -0.39 is 6.10 Å². The van der Waals surface area contributed by atoms with Gasteiger partial charge in [0.2, 0.25) is 0 Å². The van der Waals surface area contributed by atoms with E-state index in [9.17, 15) is 5.11 Å². The zero-order valence-electron chi connectivity index (χ0n) is 7.99. The second kappa shape index (κ2) is 4.59. The topological polar surface area (TPSA) is 64.1 Å². The van der Waals surface area contributed by atoms with Gasteiger partial charge in [-0.05, 0) is 53.9 Å². The van der Waals surface area contributed by atoms with Gasteiger partial charge in [0.25, 0.3) is 0 Å². The first-order chi connectivity index (χ1) is 7.50. The summed E-state index contributed by atoms with van der Waals surface area (Å²) >= 11 is 9.71. The van der Waals surface area contributed by atoms with Crippen molar-refractivity contribution in [2.75, 3.05) is 0 Å². The summed E-state index contributed by atoms with van der Waals surface area (Å²) in [5.74, 6) is 0.407. The van der Waals surface area contributed by atoms with Crippen LogP contribution in [0.1, 0.15) is 17.6 Å². The Morgan fingerprint density at radius 3 is 2.56 bits per heavy atom. The highest BCUT2D eigenvalue weighted by molar-refractivity contribution is 9.13. The first-order valence-corrected chi connectivity index (χ1v) is 6.56. The van der Waals surface area contributed by atoms with Crippen molar-refractivity contribution in [2.45, 2.75) is 6.10 Å². The van der Waals surface area contributed by atoms with Crippen LogP contribution in [0.15, 0.2) is 24.2 Å². The van der Waals surface area contributed by atoms with E-state index in [0.29, 0.717) is 20.7 Å². The molecular weight excluding hydrogens is 410 g/mol. The number of aliphatic hydroxyl groups excluding tert-OH is 1. The Hall–Kier alpha value is -0.180. The molecule has 86 valence electrons. The lowest BCUT2D eigenvalue weighted by Gasteiger charge is -2.07. The molecule has 2 aromatic rings. The molecule has 0 amide bonds. The third-order valence-electron chi connectivity index (χ3n) is 2.02. The van der Waals surface area contributed by atoms with Crippen LogP contribution in [0.4, 0.5) is 0 Å². The quantitative estimate of drug-likeness (QED) is 0.819. The number of aliphatic hydroxyl groups is 1. The Kier molecular flexibility index (Phi) is 3.53. The predicted octanol–water partition coefficient (Wildman–Crippen LogP) is 2.78. The second-order valence-corrected chi connectivity index (χ2v) is 5.39. The summed E-state index contributed by atoms with van der Waals surface area (Å²) in [5.41, 5.74) is 0.536. The molecule has 0 aliphatic heterocycles. The number of halogens is 3. The fourth-order valence-electron chi connectivity index (χ4n) is 1.26. The summed E-state index contributed by atoms with van der Waals surface area (Å²) in [7, 11) is 1.70. The highest BCUT2D eigenvalue weighted by Crippen LogP contribution is 2.33. The Balaban J connectivity index is 2.42. The molecule has 16 heavy (non-hydrogen) atoms. The van der Waals surface area contributed by atoms with Gasteiger partial charge in [0.15, 0.2) is 15.4 Å². The molecule has 2 aromatic heterocycles. The molecule has 0 radical (unpaired) electrons. The van der Waals surface area contributed by atoms with E-state index in [0.717, 1.165) is 4.47 Å². The van der Waals surface area contributed by atoms with Gasteiger partial charge < -0.3 is 9.52 Å². The number of nitrogens with zero attached hydrogens (tertiary/aromatic N) is 3. The van der Waals surface area contributed by atoms with Gasteiger partial charge in [-0.1, -0.05) is 5.21 Å². The Labute approximate surface area is 116 Å². The van der Waals surface area contributed by atoms with Crippen molar-refractivity contribution in [2.24, 2.45) is 7.05 Å². The SMILES string of the molecule is Cn1nnc(Br)c1C(O)c1cc(Br)c(Br)o1. The normalized spacial score (nSPS) is 13.1. The molecule has 1 unspecified atom stereocenters. The third-order valence-corrected chi connectivity index (χ3v) is 4.29. The fraction of sp³-hybridized carbons (Fsp3) is 0.250. The summed E-state index contributed by atoms with van der Waals surface area (Å²) < 4.78 is 8.60. The molecule has 0 spiro atoms. The highest BCUT2D eigenvalue weighted by atomic mass is 79.9. The van der Waals surface area contributed by atoms with Gasteiger partial charge in [-0.2, -0.15) is 0 Å². The van der Waals surface area contributed by atoms with E-state index >= 15 is 0 Å². The minimum absolute atomic E-state index is 0.407. The molecule has 2 heterocycles. The number of aromatic nitrogens is 3. The van der Waals surface area contributed by atoms with Crippen LogP contribution >= 0.6 is 47.8 Å². The lowest BCUT2D eigenvalue weighted by atomic mass is 10.2. The Morgan fingerprint density at radius 2 is 2.12 bits per heavy atom. The van der Waals surface area contributed by atoms with E-state index in [1.807, 2.05) is 0 Å². The van der Waals surface area contributed by atoms with Crippen LogP contribution in [0.2, 0.25) is 0 Å². The number of hydrogen-bond acceptors (Lipinski definition) is 4. The van der Waals surface area contributed by atoms with Crippen LogP contribution in [0.5, 0.6) is 0 Å². The van der Waals surface area contributed by atoms with Crippen molar-refractivity contribution in [1.29, 1.82) is 0 Å². The van der Waals surface area contributed by atoms with Gasteiger partial charge in [-0.3, -0.25) is 0 Å². The van der Waals surface area contributed by atoms with Crippen LogP contribution in [0.3, 0.4) is 0 Å². The maximum absolute atomic E-state index is 10.1. The standard InChI is InChI=1S/C8H6Br3N3O2/c1-14-5(7(10)12-13-14)6(15)4-2-3(9)8(11)16-4/h2,6,15H,1H3. The summed E-state index contributed by atoms with van der Waals surface area (Å²) in [6.07, 6.45) is -0.919. The molecule has 1 N–H and O–H groups in total. The van der Waals surface area contributed by atoms with Gasteiger partial charge in [-0.25, -0.2) is 4.68 Å². The van der Waals surface area contributed by atoms with E-state index in [2.05, 4.69) is 58.1 Å². The second-order valence-electron chi connectivity index (χ2n) is 3.06. The van der Waals surface area contributed by atoms with Crippen molar-refractivity contribution in [1.82, 2.24) is 15.0 Å². The molecule has 0 aliphatic carbocycles. The van der Waals surface area contributed by atoms with Crippen molar-refractivity contribution >= 4 is 47.8 Å². The molecule has 2 rings (SSSR count). The lowest BCUT2D eigenvalue weighted by molar-refractivity contribution is 0.177. The van der Waals surface area contributed by atoms with Gasteiger partial charge in [0, 0.05) is 7.05 Å². The maximum Gasteiger partial charge on any atom is 0.183 e. The van der Waals surface area contributed by atoms with E-state index in [1.54, 1.807) is 13.1 Å². The number of hydrogen-bond donors (Lipinski definition) is 1. The van der Waals surface area contributed by atoms with Crippen molar-refractivity contribution < 1.29 is 9.52 Å². The summed E-state index contributed by atoms with van der Waals surface area (Å²) in [6, 6.07) is 1.69. The van der Waals surface area contributed by atoms with Gasteiger partial charge >= 0.3 is 0 Å². The third kappa shape index (κ3) is 2.11. The van der Waals surface area contributed by atoms with Crippen LogP contribution < -0.4 is 0 Å². The Morgan fingerprint density at radius 1 is 1.44 bits per heavy atom. The highest BCUT2D eigenvalue weighted by Gasteiger charge is 2.23. The molecule has 0 aliphatic rings. The van der Waals surface area contributed by atoms with E-state index in [-0.39, 0.29) is 0 Å². The molecular formula is C8H6Br3N3O2. The first kappa shape index (κ1) is 12.3. The zero-order chi connectivity index (χ0) is 11.9. The number of furan rings is 1. The molecule has 0 saturated carbocycles. The molecule has 5 nitrogen and oxygen atoms in total. The first-order valence-electron chi connectivity index (χ1n) is 4.18. The fourth-order valence-corrected chi connectivity index (χ4v) is 2.41. The van der Waals surface area contributed by atoms with Gasteiger partial charge in [0.05, 0.1) is 4.47 Å². The van der Waals surface area contributed by atoms with Crippen molar-refractivity contribution in [3.63, 3.8) is 0 Å². The molecule has 0 bridgehead atoms. The Bertz CT molecular complexity index is 484. The molecule has 0 fully saturated rings. The van der Waals surface area contributed by atoms with Gasteiger partial charge in [0.1, 0.15) is 11.5 Å². The summed E-state index contributed by atoms with van der Waals surface area (Å²) in [4.78, 5) is 0. The predicted molar refractivity (Wildman–Crippen MR) is 66.9 cm³/mol. The molecule has 8 heteroatoms. The van der Waals surface area contributed by atoms with E-state index in [4.69, 9.17) is 4.42 Å². The van der Waals surface area contributed by atoms with Crippen molar-refractivity contribution in [3.8, 4) is 0 Å². The van der Waals surface area contributed by atoms with Gasteiger partial charge in [-0.15, -0.1) is 5.10 Å². The minimum atomic E-state index is -0.919. The smallest absolute Gasteiger partial charge is 0.183 e. The summed E-state index contributed by atoms with van der Waals surface area (Å²) in [6.45, 7) is 0. The number of rotatable bonds is 2. The zero-order valence-corrected chi connectivity index (χ0v) is 12.7. The average molecular weight is 416 g/mol. The lowest BCUT2D eigenvalue weighted by Crippen LogP contribution is -2.06. The van der Waals surface area contributed by atoms with Crippen LogP contribution in [-0.2, 0) is 7.05 Å². The van der Waals surface area contributed by atoms with Crippen LogP contribution in [-0.4, -0.2) is 20.1 Å². The van der Waals surface area contributed by atoms with Crippen LogP contribution in [0.25, 0.3) is 0 Å². The largest absolute Gasteiger partial charge is 0.450 e. The maximum atomic E-state index is 10.1. The minimum Gasteiger partial charge on any atom is -0.450 e. The summed E-state index contributed by atoms with van der Waals surface area (Å²) in [5, 5.41) is 17.7. The molecule has 0 aromatic carbocycles. The van der Waals surface area contributed by atoms with Crippen LogP contribution in [0, 0.1) is 0 Å². The average Bonchev–Trinajstić information content (AvgIpc) is 2.72. The van der Waals surface area contributed by atoms with Crippen molar-refractivity contribution in [3.05, 3.63) is 31.3 Å². The molecule has 0 saturated heterocycles. The monoisotopic (exact) mass is 413 g/mol. The van der Waals surface area contributed by atoms with E-state index in [1.165, 1.54) is 4.68 Å². The number of aryl methyl sites for hydroxylation is 1.